The maximum Gasteiger partial charge on any atom is 0.119 e. The molecule has 2 aromatic rings. The lowest BCUT2D eigenvalue weighted by molar-refractivity contribution is 0.156. The first-order valence-corrected chi connectivity index (χ1v) is 13.1. The molecule has 1 heteroatoms. The van der Waals surface area contributed by atoms with E-state index in [0.717, 1.165) is 40.5 Å². The van der Waals surface area contributed by atoms with Gasteiger partial charge in [-0.3, -0.25) is 0 Å². The van der Waals surface area contributed by atoms with Gasteiger partial charge in [0.1, 0.15) is 5.75 Å². The van der Waals surface area contributed by atoms with Gasteiger partial charge in [-0.25, -0.2) is 0 Å². The van der Waals surface area contributed by atoms with Crippen molar-refractivity contribution < 1.29 is 4.74 Å². The Hall–Kier alpha value is -2.20. The van der Waals surface area contributed by atoms with E-state index in [4.69, 9.17) is 4.74 Å². The smallest absolute Gasteiger partial charge is 0.119 e. The molecule has 0 unspecified atom stereocenters. The van der Waals surface area contributed by atoms with Crippen LogP contribution in [0.2, 0.25) is 0 Å². The first-order chi connectivity index (χ1) is 15.7. The molecule has 170 valence electrons. The van der Waals surface area contributed by atoms with Crippen LogP contribution in [-0.2, 0) is 0 Å². The quantitative estimate of drug-likeness (QED) is 0.420. The Labute approximate surface area is 196 Å². The monoisotopic (exact) mass is 428 g/mol. The van der Waals surface area contributed by atoms with E-state index in [9.17, 15) is 0 Å². The van der Waals surface area contributed by atoms with Gasteiger partial charge in [-0.15, -0.1) is 0 Å². The first kappa shape index (κ1) is 23.0. The average Bonchev–Trinajstić information content (AvgIpc) is 2.85. The van der Waals surface area contributed by atoms with Gasteiger partial charge in [0.05, 0.1) is 6.61 Å². The van der Waals surface area contributed by atoms with Gasteiger partial charge in [0, 0.05) is 11.1 Å². The summed E-state index contributed by atoms with van der Waals surface area (Å²) in [5, 5.41) is 0. The Kier molecular flexibility index (Phi) is 8.33. The van der Waals surface area contributed by atoms with Crippen LogP contribution in [0.5, 0.6) is 5.75 Å². The molecule has 0 spiro atoms. The predicted molar refractivity (Wildman–Crippen MR) is 135 cm³/mol. The van der Waals surface area contributed by atoms with Crippen molar-refractivity contribution in [1.82, 2.24) is 0 Å². The summed E-state index contributed by atoms with van der Waals surface area (Å²) in [6.07, 6.45) is 14.4. The molecule has 0 aromatic heterocycles. The van der Waals surface area contributed by atoms with Crippen LogP contribution in [0.25, 0.3) is 0 Å². The SMILES string of the molecule is CCCC1CCC(C2CCC(c3ccc(C#Cc4ccc(OCC)cc4)cc3)CC2)CC1. The van der Waals surface area contributed by atoms with E-state index < -0.39 is 0 Å². The summed E-state index contributed by atoms with van der Waals surface area (Å²) < 4.78 is 5.50. The second-order valence-electron chi connectivity index (χ2n) is 10.0. The van der Waals surface area contributed by atoms with E-state index in [2.05, 4.69) is 43.0 Å². The van der Waals surface area contributed by atoms with E-state index in [1.165, 1.54) is 69.8 Å². The highest BCUT2D eigenvalue weighted by atomic mass is 16.5. The van der Waals surface area contributed by atoms with Gasteiger partial charge in [0.25, 0.3) is 0 Å². The molecular weight excluding hydrogens is 388 g/mol. The minimum absolute atomic E-state index is 0.694. The second-order valence-corrected chi connectivity index (χ2v) is 10.0. The van der Waals surface area contributed by atoms with Crippen molar-refractivity contribution >= 4 is 0 Å². The van der Waals surface area contributed by atoms with Crippen molar-refractivity contribution in [2.24, 2.45) is 17.8 Å². The molecule has 0 N–H and O–H groups in total. The molecule has 2 aliphatic rings. The third kappa shape index (κ3) is 6.19. The topological polar surface area (TPSA) is 9.23 Å². The maximum atomic E-state index is 5.50. The second kappa shape index (κ2) is 11.6. The molecule has 0 aliphatic heterocycles. The summed E-state index contributed by atoms with van der Waals surface area (Å²) >= 11 is 0. The Morgan fingerprint density at radius 2 is 1.22 bits per heavy atom. The first-order valence-electron chi connectivity index (χ1n) is 13.1. The van der Waals surface area contributed by atoms with Gasteiger partial charge >= 0.3 is 0 Å². The van der Waals surface area contributed by atoms with Crippen LogP contribution >= 0.6 is 0 Å². The highest BCUT2D eigenvalue weighted by molar-refractivity contribution is 5.45. The standard InChI is InChI=1S/C31H40O/c1-3-5-24-8-14-27(15-9-24)29-18-20-30(21-19-29)28-16-10-25(11-17-28)6-7-26-12-22-31(23-13-26)32-4-2/h10-13,16-17,22-24,27,29-30H,3-5,8-9,14-15,18-21H2,1-2H3. The molecule has 2 aliphatic carbocycles. The zero-order valence-electron chi connectivity index (χ0n) is 20.1. The minimum atomic E-state index is 0.694. The van der Waals surface area contributed by atoms with E-state index in [0.29, 0.717) is 6.61 Å². The van der Waals surface area contributed by atoms with Gasteiger partial charge < -0.3 is 4.74 Å². The van der Waals surface area contributed by atoms with Crippen LogP contribution in [0.15, 0.2) is 48.5 Å². The van der Waals surface area contributed by atoms with Crippen LogP contribution in [0.4, 0.5) is 0 Å². The van der Waals surface area contributed by atoms with Gasteiger partial charge in [0.15, 0.2) is 0 Å². The molecule has 4 rings (SSSR count). The number of ether oxygens (including phenoxy) is 1. The van der Waals surface area contributed by atoms with Crippen LogP contribution in [-0.4, -0.2) is 6.61 Å². The Bertz CT molecular complexity index is 867. The van der Waals surface area contributed by atoms with Gasteiger partial charge in [-0.1, -0.05) is 56.6 Å². The molecular formula is C31H40O. The lowest BCUT2D eigenvalue weighted by atomic mass is 9.68. The Morgan fingerprint density at radius 1 is 0.688 bits per heavy atom. The van der Waals surface area contributed by atoms with E-state index in [-0.39, 0.29) is 0 Å². The third-order valence-electron chi connectivity index (χ3n) is 7.93. The van der Waals surface area contributed by atoms with Crippen LogP contribution in [0.1, 0.15) is 101 Å². The summed E-state index contributed by atoms with van der Waals surface area (Å²) in [5.74, 6) is 11.3. The predicted octanol–water partition coefficient (Wildman–Crippen LogP) is 8.37. The van der Waals surface area contributed by atoms with Crippen molar-refractivity contribution in [3.8, 4) is 17.6 Å². The van der Waals surface area contributed by atoms with Crippen LogP contribution in [0, 0.1) is 29.6 Å². The number of hydrogen-bond donors (Lipinski definition) is 0. The van der Waals surface area contributed by atoms with Crippen LogP contribution in [0.3, 0.4) is 0 Å². The fourth-order valence-electron chi connectivity index (χ4n) is 6.06. The largest absolute Gasteiger partial charge is 0.494 e. The van der Waals surface area contributed by atoms with E-state index >= 15 is 0 Å². The maximum absolute atomic E-state index is 5.50. The van der Waals surface area contributed by atoms with Crippen LogP contribution < -0.4 is 4.74 Å². The summed E-state index contributed by atoms with van der Waals surface area (Å²) in [5.41, 5.74) is 3.64. The lowest BCUT2D eigenvalue weighted by Gasteiger charge is -2.38. The molecule has 0 amide bonds. The highest BCUT2D eigenvalue weighted by Gasteiger charge is 2.31. The number of benzene rings is 2. The fraction of sp³-hybridized carbons (Fsp3) is 0.548. The van der Waals surface area contributed by atoms with Crippen molar-refractivity contribution in [3.63, 3.8) is 0 Å². The van der Waals surface area contributed by atoms with Gasteiger partial charge in [-0.2, -0.15) is 0 Å². The Balaban J connectivity index is 1.26. The molecule has 32 heavy (non-hydrogen) atoms. The third-order valence-corrected chi connectivity index (χ3v) is 7.93. The van der Waals surface area contributed by atoms with Gasteiger partial charge in [0.2, 0.25) is 0 Å². The lowest BCUT2D eigenvalue weighted by Crippen LogP contribution is -2.25. The normalized spacial score (nSPS) is 25.6. The molecule has 0 saturated heterocycles. The highest BCUT2D eigenvalue weighted by Crippen LogP contribution is 2.44. The zero-order valence-corrected chi connectivity index (χ0v) is 20.1. The number of rotatable bonds is 6. The molecule has 2 fully saturated rings. The summed E-state index contributed by atoms with van der Waals surface area (Å²) in [6, 6.07) is 17.1. The summed E-state index contributed by atoms with van der Waals surface area (Å²) in [4.78, 5) is 0. The van der Waals surface area contributed by atoms with Crippen molar-refractivity contribution in [1.29, 1.82) is 0 Å². The minimum Gasteiger partial charge on any atom is -0.494 e. The molecule has 0 bridgehead atoms. The zero-order chi connectivity index (χ0) is 22.2. The molecule has 2 aromatic carbocycles. The molecule has 2 saturated carbocycles. The number of hydrogen-bond acceptors (Lipinski definition) is 1. The fourth-order valence-corrected chi connectivity index (χ4v) is 6.06. The average molecular weight is 429 g/mol. The summed E-state index contributed by atoms with van der Waals surface area (Å²) in [6.45, 7) is 5.04. The van der Waals surface area contributed by atoms with E-state index in [1.54, 1.807) is 0 Å². The van der Waals surface area contributed by atoms with E-state index in [1.807, 2.05) is 31.2 Å². The molecule has 0 heterocycles. The molecule has 0 radical (unpaired) electrons. The Morgan fingerprint density at radius 3 is 1.75 bits per heavy atom. The molecule has 1 nitrogen and oxygen atoms in total. The van der Waals surface area contributed by atoms with Crippen molar-refractivity contribution in [3.05, 3.63) is 65.2 Å². The summed E-state index contributed by atoms with van der Waals surface area (Å²) in [7, 11) is 0. The van der Waals surface area contributed by atoms with Gasteiger partial charge in [-0.05, 0) is 111 Å². The molecule has 0 atom stereocenters. The van der Waals surface area contributed by atoms with Crippen molar-refractivity contribution in [2.75, 3.05) is 6.61 Å². The van der Waals surface area contributed by atoms with Crippen molar-refractivity contribution in [2.45, 2.75) is 84.0 Å².